The second kappa shape index (κ2) is 10.8. The smallest absolute Gasteiger partial charge is 0.256 e. The van der Waals surface area contributed by atoms with E-state index in [4.69, 9.17) is 44.0 Å². The second-order valence-electron chi connectivity index (χ2n) is 7.80. The van der Waals surface area contributed by atoms with Crippen LogP contribution in [0.5, 0.6) is 5.75 Å². The molecule has 1 aliphatic rings. The standard InChI is InChI=1S/C24H20Cl3FN2O4/c25-16-9-19(26)23(20(27)10-16)24(32)30-7-5-29(6-8-30)12-18-11-21(31)22(14-33-18)34-13-15-1-3-17(28)4-2-15/h1-4,9-11,14H,5-8,12-13H2. The molecule has 178 valence electrons. The van der Waals surface area contributed by atoms with Gasteiger partial charge in [-0.15, -0.1) is 0 Å². The van der Waals surface area contributed by atoms with Crippen molar-refractivity contribution in [3.63, 3.8) is 0 Å². The minimum absolute atomic E-state index is 0.0835. The number of hydrogen-bond acceptors (Lipinski definition) is 5. The SMILES string of the molecule is O=C(c1c(Cl)cc(Cl)cc1Cl)N1CCN(Cc2cc(=O)c(OCc3ccc(F)cc3)co2)CC1. The van der Waals surface area contributed by atoms with Crippen molar-refractivity contribution in [2.75, 3.05) is 26.2 Å². The molecule has 3 aromatic rings. The van der Waals surface area contributed by atoms with Gasteiger partial charge in [-0.2, -0.15) is 0 Å². The number of rotatable bonds is 6. The Bertz CT molecular complexity index is 1220. The lowest BCUT2D eigenvalue weighted by atomic mass is 10.1. The summed E-state index contributed by atoms with van der Waals surface area (Å²) in [4.78, 5) is 29.0. The van der Waals surface area contributed by atoms with E-state index in [0.717, 1.165) is 5.56 Å². The molecule has 1 aromatic heterocycles. The fraction of sp³-hybridized carbons (Fsp3) is 0.250. The highest BCUT2D eigenvalue weighted by Gasteiger charge is 2.26. The number of carbonyl (C=O) groups excluding carboxylic acids is 1. The Labute approximate surface area is 210 Å². The van der Waals surface area contributed by atoms with Crippen LogP contribution in [0.4, 0.5) is 4.39 Å². The van der Waals surface area contributed by atoms with Gasteiger partial charge in [0.25, 0.3) is 5.91 Å². The van der Waals surface area contributed by atoms with E-state index >= 15 is 0 Å². The number of halogens is 4. The molecule has 4 rings (SSSR count). The van der Waals surface area contributed by atoms with Crippen LogP contribution in [0, 0.1) is 5.82 Å². The Hall–Kier alpha value is -2.58. The van der Waals surface area contributed by atoms with E-state index in [1.807, 2.05) is 0 Å². The Kier molecular flexibility index (Phi) is 7.78. The molecule has 6 nitrogen and oxygen atoms in total. The maximum Gasteiger partial charge on any atom is 0.256 e. The van der Waals surface area contributed by atoms with Gasteiger partial charge in [0.15, 0.2) is 0 Å². The van der Waals surface area contributed by atoms with E-state index in [9.17, 15) is 14.0 Å². The number of hydrogen-bond donors (Lipinski definition) is 0. The van der Waals surface area contributed by atoms with Gasteiger partial charge >= 0.3 is 0 Å². The predicted molar refractivity (Wildman–Crippen MR) is 128 cm³/mol. The first-order valence-electron chi connectivity index (χ1n) is 10.5. The van der Waals surface area contributed by atoms with Crippen molar-refractivity contribution in [2.45, 2.75) is 13.2 Å². The highest BCUT2D eigenvalue weighted by Crippen LogP contribution is 2.30. The highest BCUT2D eigenvalue weighted by atomic mass is 35.5. The van der Waals surface area contributed by atoms with Crippen molar-refractivity contribution in [2.24, 2.45) is 0 Å². The first-order valence-corrected chi connectivity index (χ1v) is 11.6. The average molecular weight is 526 g/mol. The summed E-state index contributed by atoms with van der Waals surface area (Å²) < 4.78 is 24.1. The quantitative estimate of drug-likeness (QED) is 0.438. The molecule has 0 saturated carbocycles. The summed E-state index contributed by atoms with van der Waals surface area (Å²) >= 11 is 18.3. The van der Waals surface area contributed by atoms with Crippen molar-refractivity contribution in [1.29, 1.82) is 0 Å². The van der Waals surface area contributed by atoms with Crippen LogP contribution in [-0.4, -0.2) is 41.9 Å². The van der Waals surface area contributed by atoms with Gasteiger partial charge in [0.05, 0.1) is 22.2 Å². The van der Waals surface area contributed by atoms with Gasteiger partial charge in [0.1, 0.15) is 24.4 Å². The normalized spacial score (nSPS) is 14.3. The van der Waals surface area contributed by atoms with E-state index in [1.54, 1.807) is 17.0 Å². The molecule has 34 heavy (non-hydrogen) atoms. The van der Waals surface area contributed by atoms with Crippen LogP contribution in [0.1, 0.15) is 21.7 Å². The first-order chi connectivity index (χ1) is 16.3. The van der Waals surface area contributed by atoms with Crippen molar-refractivity contribution < 1.29 is 18.3 Å². The zero-order chi connectivity index (χ0) is 24.2. The average Bonchev–Trinajstić information content (AvgIpc) is 2.79. The van der Waals surface area contributed by atoms with Gasteiger partial charge in [-0.3, -0.25) is 14.5 Å². The molecular weight excluding hydrogens is 506 g/mol. The van der Waals surface area contributed by atoms with Crippen molar-refractivity contribution >= 4 is 40.7 Å². The zero-order valence-corrected chi connectivity index (χ0v) is 20.2. The minimum Gasteiger partial charge on any atom is -0.482 e. The molecular formula is C24H20Cl3FN2O4. The Morgan fingerprint density at radius 3 is 2.26 bits per heavy atom. The molecule has 10 heteroatoms. The molecule has 1 aliphatic heterocycles. The lowest BCUT2D eigenvalue weighted by Crippen LogP contribution is -2.48. The summed E-state index contributed by atoms with van der Waals surface area (Å²) in [5, 5.41) is 0.798. The highest BCUT2D eigenvalue weighted by molar-refractivity contribution is 6.42. The van der Waals surface area contributed by atoms with Gasteiger partial charge < -0.3 is 14.1 Å². The van der Waals surface area contributed by atoms with Crippen molar-refractivity contribution in [3.05, 3.63) is 96.7 Å². The molecule has 0 bridgehead atoms. The summed E-state index contributed by atoms with van der Waals surface area (Å²) in [6.07, 6.45) is 1.28. The third-order valence-electron chi connectivity index (χ3n) is 5.42. The summed E-state index contributed by atoms with van der Waals surface area (Å²) in [6, 6.07) is 10.2. The number of amides is 1. The van der Waals surface area contributed by atoms with E-state index < -0.39 is 0 Å². The second-order valence-corrected chi connectivity index (χ2v) is 9.05. The van der Waals surface area contributed by atoms with Crippen LogP contribution in [0.25, 0.3) is 0 Å². The van der Waals surface area contributed by atoms with Crippen LogP contribution in [0.2, 0.25) is 15.1 Å². The maximum absolute atomic E-state index is 13.0. The molecule has 0 radical (unpaired) electrons. The Morgan fingerprint density at radius 2 is 1.65 bits per heavy atom. The van der Waals surface area contributed by atoms with Crippen molar-refractivity contribution in [3.8, 4) is 5.75 Å². The number of benzene rings is 2. The van der Waals surface area contributed by atoms with E-state index in [0.29, 0.717) is 43.5 Å². The third kappa shape index (κ3) is 5.91. The van der Waals surface area contributed by atoms with Crippen LogP contribution in [0.15, 0.2) is 57.9 Å². The van der Waals surface area contributed by atoms with Gasteiger partial charge in [0.2, 0.25) is 11.2 Å². The number of carbonyl (C=O) groups is 1. The van der Waals surface area contributed by atoms with E-state index in [1.165, 1.54) is 36.6 Å². The fourth-order valence-corrected chi connectivity index (χ4v) is 4.58. The van der Waals surface area contributed by atoms with Gasteiger partial charge in [0, 0.05) is 37.3 Å². The Morgan fingerprint density at radius 1 is 1.00 bits per heavy atom. The van der Waals surface area contributed by atoms with Crippen molar-refractivity contribution in [1.82, 2.24) is 9.80 Å². The summed E-state index contributed by atoms with van der Waals surface area (Å²) in [6.45, 7) is 2.65. The summed E-state index contributed by atoms with van der Waals surface area (Å²) in [7, 11) is 0. The molecule has 0 unspecified atom stereocenters. The van der Waals surface area contributed by atoms with Gasteiger partial charge in [-0.05, 0) is 29.8 Å². The molecule has 1 fully saturated rings. The molecule has 2 aromatic carbocycles. The fourth-order valence-electron chi connectivity index (χ4n) is 3.60. The molecule has 0 spiro atoms. The van der Waals surface area contributed by atoms with E-state index in [-0.39, 0.29) is 45.1 Å². The van der Waals surface area contributed by atoms with Crippen LogP contribution < -0.4 is 10.2 Å². The Balaban J connectivity index is 1.31. The van der Waals surface area contributed by atoms with E-state index in [2.05, 4.69) is 4.90 Å². The number of ether oxygens (including phenoxy) is 1. The number of nitrogens with zero attached hydrogens (tertiary/aromatic N) is 2. The maximum atomic E-state index is 13.0. The lowest BCUT2D eigenvalue weighted by Gasteiger charge is -2.34. The van der Waals surface area contributed by atoms with Crippen LogP contribution in [0.3, 0.4) is 0 Å². The third-order valence-corrected chi connectivity index (χ3v) is 6.23. The summed E-state index contributed by atoms with van der Waals surface area (Å²) in [5.41, 5.74) is 0.672. The zero-order valence-electron chi connectivity index (χ0n) is 17.9. The number of piperazine rings is 1. The molecule has 0 aliphatic carbocycles. The van der Waals surface area contributed by atoms with Crippen LogP contribution >= 0.6 is 34.8 Å². The largest absolute Gasteiger partial charge is 0.482 e. The molecule has 0 N–H and O–H groups in total. The molecule has 2 heterocycles. The topological polar surface area (TPSA) is 63.0 Å². The first kappa shape index (κ1) is 24.5. The lowest BCUT2D eigenvalue weighted by molar-refractivity contribution is 0.0619. The minimum atomic E-state index is -0.338. The summed E-state index contributed by atoms with van der Waals surface area (Å²) in [5.74, 6) is -0.0150. The van der Waals surface area contributed by atoms with Gasteiger partial charge in [-0.1, -0.05) is 46.9 Å². The molecule has 1 saturated heterocycles. The van der Waals surface area contributed by atoms with Gasteiger partial charge in [-0.25, -0.2) is 4.39 Å². The molecule has 0 atom stereocenters. The molecule has 1 amide bonds. The predicted octanol–water partition coefficient (Wildman–Crippen LogP) is 5.28. The monoisotopic (exact) mass is 524 g/mol. The van der Waals surface area contributed by atoms with Crippen LogP contribution in [-0.2, 0) is 13.2 Å².